The number of nitrogens with zero attached hydrogens (tertiary/aromatic N) is 3. The number of amides is 1. The van der Waals surface area contributed by atoms with Gasteiger partial charge in [-0.15, -0.1) is 0 Å². The molecule has 0 saturated carbocycles. The van der Waals surface area contributed by atoms with Crippen LogP contribution in [0.5, 0.6) is 0 Å². The molecule has 1 atom stereocenters. The Balaban J connectivity index is 1.63. The molecule has 7 heteroatoms. The van der Waals surface area contributed by atoms with Gasteiger partial charge in [0.2, 0.25) is 5.91 Å². The summed E-state index contributed by atoms with van der Waals surface area (Å²) in [5, 5.41) is 12.2. The molecule has 2 N–H and O–H groups in total. The second-order valence-corrected chi connectivity index (χ2v) is 7.02. The molecule has 0 unspecified atom stereocenters. The second kappa shape index (κ2) is 8.57. The lowest BCUT2D eigenvalue weighted by Crippen LogP contribution is -2.27. The Kier molecular flexibility index (Phi) is 5.93. The molecule has 7 nitrogen and oxygen atoms in total. The van der Waals surface area contributed by atoms with Gasteiger partial charge in [0.1, 0.15) is 11.6 Å². The predicted molar refractivity (Wildman–Crippen MR) is 110 cm³/mol. The largest absolute Gasteiger partial charge is 0.350 e. The number of nitrogens with one attached hydrogen (secondary N) is 2. The van der Waals surface area contributed by atoms with Gasteiger partial charge in [0.05, 0.1) is 12.4 Å². The molecule has 3 aromatic rings. The van der Waals surface area contributed by atoms with Crippen LogP contribution in [0.2, 0.25) is 0 Å². The summed E-state index contributed by atoms with van der Waals surface area (Å²) in [7, 11) is 0. The van der Waals surface area contributed by atoms with Crippen LogP contribution in [-0.4, -0.2) is 20.4 Å². The molecule has 29 heavy (non-hydrogen) atoms. The molecule has 0 radical (unpaired) electrons. The van der Waals surface area contributed by atoms with Crippen molar-refractivity contribution < 1.29 is 4.79 Å². The zero-order valence-corrected chi connectivity index (χ0v) is 16.7. The number of carbonyl (C=O) groups excluding carboxylic acids is 1. The van der Waals surface area contributed by atoms with Gasteiger partial charge in [-0.25, -0.2) is 4.98 Å². The average Bonchev–Trinajstić information content (AvgIpc) is 3.22. The van der Waals surface area contributed by atoms with Gasteiger partial charge in [-0.2, -0.15) is 5.26 Å². The fourth-order valence-corrected chi connectivity index (χ4v) is 3.40. The first-order chi connectivity index (χ1) is 13.9. The Morgan fingerprint density at radius 2 is 2.03 bits per heavy atom. The number of aryl methyl sites for hydroxylation is 1. The fraction of sp³-hybridized carbons (Fsp3) is 0.273. The van der Waals surface area contributed by atoms with Crippen molar-refractivity contribution in [1.82, 2.24) is 19.9 Å². The van der Waals surface area contributed by atoms with Crippen LogP contribution in [0.25, 0.3) is 5.69 Å². The van der Waals surface area contributed by atoms with Crippen molar-refractivity contribution in [2.75, 3.05) is 0 Å². The Morgan fingerprint density at radius 3 is 2.66 bits per heavy atom. The Bertz CT molecular complexity index is 1110. The molecule has 3 rings (SSSR count). The number of imidazole rings is 1. The Hall–Kier alpha value is -3.66. The van der Waals surface area contributed by atoms with E-state index in [9.17, 15) is 9.59 Å². The molecular weight excluding hydrogens is 366 g/mol. The van der Waals surface area contributed by atoms with Crippen molar-refractivity contribution in [3.05, 3.63) is 81.3 Å². The van der Waals surface area contributed by atoms with E-state index in [1.165, 1.54) is 0 Å². The van der Waals surface area contributed by atoms with Crippen molar-refractivity contribution >= 4 is 5.91 Å². The second-order valence-electron chi connectivity index (χ2n) is 7.02. The molecule has 0 aliphatic rings. The number of pyridine rings is 1. The lowest BCUT2D eigenvalue weighted by molar-refractivity contribution is -0.121. The quantitative estimate of drug-likeness (QED) is 0.676. The van der Waals surface area contributed by atoms with E-state index < -0.39 is 0 Å². The van der Waals surface area contributed by atoms with E-state index in [2.05, 4.69) is 15.3 Å². The Labute approximate surface area is 169 Å². The molecule has 0 saturated heterocycles. The highest BCUT2D eigenvalue weighted by Crippen LogP contribution is 2.17. The molecule has 0 bridgehead atoms. The summed E-state index contributed by atoms with van der Waals surface area (Å²) in [5.41, 5.74) is 3.91. The summed E-state index contributed by atoms with van der Waals surface area (Å²) in [6.07, 6.45) is 6.07. The maximum Gasteiger partial charge on any atom is 0.266 e. The van der Waals surface area contributed by atoms with Crippen molar-refractivity contribution in [3.8, 4) is 11.8 Å². The number of rotatable bonds is 6. The monoisotopic (exact) mass is 389 g/mol. The highest BCUT2D eigenvalue weighted by Gasteiger charge is 2.15. The first-order valence-electron chi connectivity index (χ1n) is 9.40. The van der Waals surface area contributed by atoms with E-state index in [0.29, 0.717) is 17.7 Å². The molecule has 1 amide bonds. The first kappa shape index (κ1) is 20.1. The molecule has 0 aliphatic carbocycles. The number of benzene rings is 1. The SMILES string of the molecule is Cc1[nH]c(=O)c(C#N)c(C)c1CCC(=O)N[C@H](C)c1ccc(-n2ccnc2)cc1. The summed E-state index contributed by atoms with van der Waals surface area (Å²) >= 11 is 0. The van der Waals surface area contributed by atoms with Gasteiger partial charge in [-0.05, 0) is 56.0 Å². The van der Waals surface area contributed by atoms with Gasteiger partial charge in [0.15, 0.2) is 0 Å². The third kappa shape index (κ3) is 4.43. The normalized spacial score (nSPS) is 11.7. The van der Waals surface area contributed by atoms with E-state index in [0.717, 1.165) is 16.8 Å². The molecule has 0 fully saturated rings. The molecule has 0 aliphatic heterocycles. The molecular formula is C22H23N5O2. The Morgan fingerprint density at radius 1 is 1.31 bits per heavy atom. The lowest BCUT2D eigenvalue weighted by Gasteiger charge is -2.16. The molecule has 2 heterocycles. The highest BCUT2D eigenvalue weighted by atomic mass is 16.1. The lowest BCUT2D eigenvalue weighted by atomic mass is 9.99. The van der Waals surface area contributed by atoms with E-state index in [1.54, 1.807) is 26.4 Å². The van der Waals surface area contributed by atoms with E-state index in [4.69, 9.17) is 5.26 Å². The van der Waals surface area contributed by atoms with Gasteiger partial charge < -0.3 is 14.9 Å². The number of aromatic amines is 1. The molecule has 1 aromatic carbocycles. The maximum absolute atomic E-state index is 12.4. The van der Waals surface area contributed by atoms with Crippen LogP contribution < -0.4 is 10.9 Å². The summed E-state index contributed by atoms with van der Waals surface area (Å²) in [4.78, 5) is 31.0. The number of aromatic nitrogens is 3. The minimum atomic E-state index is -0.386. The van der Waals surface area contributed by atoms with Crippen molar-refractivity contribution in [2.24, 2.45) is 0 Å². The third-order valence-corrected chi connectivity index (χ3v) is 5.10. The zero-order valence-electron chi connectivity index (χ0n) is 16.7. The minimum Gasteiger partial charge on any atom is -0.350 e. The number of hydrogen-bond acceptors (Lipinski definition) is 4. The van der Waals surface area contributed by atoms with E-state index in [1.807, 2.05) is 48.0 Å². The number of H-pyrrole nitrogens is 1. The first-order valence-corrected chi connectivity index (χ1v) is 9.40. The highest BCUT2D eigenvalue weighted by molar-refractivity contribution is 5.76. The summed E-state index contributed by atoms with van der Waals surface area (Å²) in [6, 6.07) is 9.73. The topological polar surface area (TPSA) is 104 Å². The van der Waals surface area contributed by atoms with Gasteiger partial charge in [-0.1, -0.05) is 12.1 Å². The van der Waals surface area contributed by atoms with Gasteiger partial charge in [0.25, 0.3) is 5.56 Å². The zero-order chi connectivity index (χ0) is 21.0. The van der Waals surface area contributed by atoms with Crippen LogP contribution >= 0.6 is 0 Å². The predicted octanol–water partition coefficient (Wildman–Crippen LogP) is 2.86. The standard InChI is InChI=1S/C22H23N5O2/c1-14-19(16(3)26-22(29)20(14)12-23)8-9-21(28)25-15(2)17-4-6-18(7-5-17)27-11-10-24-13-27/h4-7,10-11,13,15H,8-9H2,1-3H3,(H,25,28)(H,26,29)/t15-/m1/s1. The maximum atomic E-state index is 12.4. The molecule has 148 valence electrons. The summed E-state index contributed by atoms with van der Waals surface area (Å²) < 4.78 is 1.91. The number of nitriles is 1. The van der Waals surface area contributed by atoms with Crippen LogP contribution in [0, 0.1) is 25.2 Å². The smallest absolute Gasteiger partial charge is 0.266 e. The van der Waals surface area contributed by atoms with Crippen molar-refractivity contribution in [1.29, 1.82) is 5.26 Å². The van der Waals surface area contributed by atoms with Crippen molar-refractivity contribution in [2.45, 2.75) is 39.7 Å². The van der Waals surface area contributed by atoms with Crippen LogP contribution in [-0.2, 0) is 11.2 Å². The summed E-state index contributed by atoms with van der Waals surface area (Å²) in [5.74, 6) is -0.0836. The van der Waals surface area contributed by atoms with Gasteiger partial charge >= 0.3 is 0 Å². The van der Waals surface area contributed by atoms with Crippen molar-refractivity contribution in [3.63, 3.8) is 0 Å². The number of hydrogen-bond donors (Lipinski definition) is 2. The number of carbonyl (C=O) groups is 1. The average molecular weight is 389 g/mol. The molecule has 0 spiro atoms. The van der Waals surface area contributed by atoms with E-state index >= 15 is 0 Å². The summed E-state index contributed by atoms with van der Waals surface area (Å²) in [6.45, 7) is 5.47. The molecule has 2 aromatic heterocycles. The van der Waals surface area contributed by atoms with Crippen LogP contribution in [0.3, 0.4) is 0 Å². The van der Waals surface area contributed by atoms with Crippen LogP contribution in [0.1, 0.15) is 47.3 Å². The van der Waals surface area contributed by atoms with Gasteiger partial charge in [-0.3, -0.25) is 9.59 Å². The third-order valence-electron chi connectivity index (χ3n) is 5.10. The van der Waals surface area contributed by atoms with Crippen LogP contribution in [0.15, 0.2) is 47.8 Å². The van der Waals surface area contributed by atoms with E-state index in [-0.39, 0.29) is 29.5 Å². The van der Waals surface area contributed by atoms with Gasteiger partial charge in [0, 0.05) is 30.2 Å². The fourth-order valence-electron chi connectivity index (χ4n) is 3.40. The van der Waals surface area contributed by atoms with Crippen LogP contribution in [0.4, 0.5) is 0 Å². The minimum absolute atomic E-state index is 0.0836.